The molecule has 3 rings (SSSR count). The third-order valence-corrected chi connectivity index (χ3v) is 5.20. The number of aromatic amines is 1. The first-order valence-corrected chi connectivity index (χ1v) is 9.51. The van der Waals surface area contributed by atoms with Gasteiger partial charge in [0.25, 0.3) is 5.56 Å². The molecule has 134 valence electrons. The van der Waals surface area contributed by atoms with Gasteiger partial charge in [0.2, 0.25) is 0 Å². The van der Waals surface area contributed by atoms with E-state index in [0.717, 1.165) is 36.7 Å². The van der Waals surface area contributed by atoms with Crippen LogP contribution in [0.15, 0.2) is 39.9 Å². The molecule has 0 unspecified atom stereocenters. The Kier molecular flexibility index (Phi) is 5.83. The van der Waals surface area contributed by atoms with Crippen LogP contribution >= 0.6 is 11.8 Å². The number of thioether (sulfide) groups is 1. The van der Waals surface area contributed by atoms with E-state index in [4.69, 9.17) is 5.73 Å². The Morgan fingerprint density at radius 3 is 2.60 bits per heavy atom. The summed E-state index contributed by atoms with van der Waals surface area (Å²) in [6.45, 7) is 3.90. The van der Waals surface area contributed by atoms with Crippen LogP contribution in [0.2, 0.25) is 0 Å². The third kappa shape index (κ3) is 4.46. The van der Waals surface area contributed by atoms with E-state index in [1.165, 1.54) is 4.57 Å². The number of rotatable bonds is 6. The van der Waals surface area contributed by atoms with Gasteiger partial charge in [0.15, 0.2) is 0 Å². The summed E-state index contributed by atoms with van der Waals surface area (Å²) in [6, 6.07) is 9.54. The van der Waals surface area contributed by atoms with Crippen LogP contribution in [0.1, 0.15) is 5.56 Å². The summed E-state index contributed by atoms with van der Waals surface area (Å²) in [5.74, 6) is 2.46. The zero-order valence-electron chi connectivity index (χ0n) is 14.0. The molecule has 7 nitrogen and oxygen atoms in total. The van der Waals surface area contributed by atoms with E-state index >= 15 is 0 Å². The minimum absolute atomic E-state index is 0.173. The van der Waals surface area contributed by atoms with Crippen LogP contribution in [0.4, 0.5) is 11.5 Å². The molecule has 1 saturated heterocycles. The minimum atomic E-state index is -0.495. The molecule has 2 heterocycles. The van der Waals surface area contributed by atoms with Crippen molar-refractivity contribution in [2.24, 2.45) is 0 Å². The van der Waals surface area contributed by atoms with Gasteiger partial charge >= 0.3 is 5.69 Å². The van der Waals surface area contributed by atoms with Crippen LogP contribution in [-0.4, -0.2) is 52.1 Å². The van der Waals surface area contributed by atoms with E-state index in [-0.39, 0.29) is 11.5 Å². The Morgan fingerprint density at radius 2 is 1.88 bits per heavy atom. The highest BCUT2D eigenvalue weighted by atomic mass is 32.2. The fourth-order valence-electron chi connectivity index (χ4n) is 2.85. The summed E-state index contributed by atoms with van der Waals surface area (Å²) in [7, 11) is 0. The molecule has 1 aliphatic heterocycles. The Hall–Kier alpha value is -2.19. The van der Waals surface area contributed by atoms with Crippen LogP contribution in [0.5, 0.6) is 0 Å². The standard InChI is InChI=1S/C17H23N5O2S/c18-15-14(19-6-7-21-8-10-25-11-9-21)16(23)20-17(24)22(15)12-13-4-2-1-3-5-13/h1-5,19H,6-12,18H2,(H,20,23,24). The van der Waals surface area contributed by atoms with Crippen molar-refractivity contribution in [2.75, 3.05) is 48.7 Å². The summed E-state index contributed by atoms with van der Waals surface area (Å²) >= 11 is 1.96. The average Bonchev–Trinajstić information content (AvgIpc) is 2.63. The van der Waals surface area contributed by atoms with Crippen molar-refractivity contribution in [3.63, 3.8) is 0 Å². The molecule has 0 amide bonds. The fraction of sp³-hybridized carbons (Fsp3) is 0.412. The van der Waals surface area contributed by atoms with Crippen molar-refractivity contribution in [1.82, 2.24) is 14.5 Å². The van der Waals surface area contributed by atoms with E-state index in [0.29, 0.717) is 13.1 Å². The highest BCUT2D eigenvalue weighted by Crippen LogP contribution is 2.13. The second-order valence-electron chi connectivity index (χ2n) is 5.97. The molecule has 0 radical (unpaired) electrons. The Balaban J connectivity index is 1.73. The number of nitrogens with one attached hydrogen (secondary N) is 2. The second-order valence-corrected chi connectivity index (χ2v) is 7.20. The zero-order chi connectivity index (χ0) is 17.6. The normalized spacial score (nSPS) is 15.2. The fourth-order valence-corrected chi connectivity index (χ4v) is 3.82. The molecule has 1 fully saturated rings. The molecule has 1 aliphatic rings. The van der Waals surface area contributed by atoms with E-state index < -0.39 is 11.2 Å². The van der Waals surface area contributed by atoms with Crippen LogP contribution in [0, 0.1) is 0 Å². The van der Waals surface area contributed by atoms with Gasteiger partial charge in [0.05, 0.1) is 6.54 Å². The van der Waals surface area contributed by atoms with Crippen molar-refractivity contribution in [2.45, 2.75) is 6.54 Å². The number of nitrogen functional groups attached to an aromatic ring is 1. The number of aromatic nitrogens is 2. The maximum atomic E-state index is 12.1. The van der Waals surface area contributed by atoms with Gasteiger partial charge in [-0.15, -0.1) is 0 Å². The molecule has 0 spiro atoms. The van der Waals surface area contributed by atoms with Gasteiger partial charge < -0.3 is 11.1 Å². The average molecular weight is 361 g/mol. The van der Waals surface area contributed by atoms with Gasteiger partial charge in [-0.2, -0.15) is 11.8 Å². The maximum Gasteiger partial charge on any atom is 0.330 e. The Morgan fingerprint density at radius 1 is 1.16 bits per heavy atom. The zero-order valence-corrected chi connectivity index (χ0v) is 14.8. The van der Waals surface area contributed by atoms with Crippen molar-refractivity contribution in [3.05, 3.63) is 56.7 Å². The maximum absolute atomic E-state index is 12.1. The minimum Gasteiger partial charge on any atom is -0.383 e. The lowest BCUT2D eigenvalue weighted by Gasteiger charge is -2.26. The molecule has 0 saturated carbocycles. The lowest BCUT2D eigenvalue weighted by Crippen LogP contribution is -2.38. The molecule has 8 heteroatoms. The predicted molar refractivity (Wildman–Crippen MR) is 104 cm³/mol. The first kappa shape index (κ1) is 17.6. The molecule has 0 atom stereocenters. The van der Waals surface area contributed by atoms with Crippen LogP contribution in [0.25, 0.3) is 0 Å². The highest BCUT2D eigenvalue weighted by Gasteiger charge is 2.14. The molecular formula is C17H23N5O2S. The number of benzene rings is 1. The highest BCUT2D eigenvalue weighted by molar-refractivity contribution is 7.99. The number of H-pyrrole nitrogens is 1. The van der Waals surface area contributed by atoms with Gasteiger partial charge in [-0.25, -0.2) is 4.79 Å². The number of nitrogens with zero attached hydrogens (tertiary/aromatic N) is 2. The molecular weight excluding hydrogens is 338 g/mol. The number of anilines is 2. The summed E-state index contributed by atoms with van der Waals surface area (Å²) < 4.78 is 1.39. The Labute approximate surface area is 150 Å². The monoisotopic (exact) mass is 361 g/mol. The number of hydrogen-bond donors (Lipinski definition) is 3. The summed E-state index contributed by atoms with van der Waals surface area (Å²) in [4.78, 5) is 29.0. The summed E-state index contributed by atoms with van der Waals surface area (Å²) in [6.07, 6.45) is 0. The van der Waals surface area contributed by atoms with Gasteiger partial charge in [-0.1, -0.05) is 30.3 Å². The van der Waals surface area contributed by atoms with Crippen molar-refractivity contribution < 1.29 is 0 Å². The summed E-state index contributed by atoms with van der Waals surface area (Å²) in [5, 5.41) is 3.10. The van der Waals surface area contributed by atoms with E-state index in [1.807, 2.05) is 42.1 Å². The van der Waals surface area contributed by atoms with Gasteiger partial charge in [0.1, 0.15) is 11.5 Å². The molecule has 1 aromatic heterocycles. The molecule has 4 N–H and O–H groups in total. The van der Waals surface area contributed by atoms with E-state index in [2.05, 4.69) is 15.2 Å². The topological polar surface area (TPSA) is 96.2 Å². The van der Waals surface area contributed by atoms with Crippen LogP contribution in [0.3, 0.4) is 0 Å². The molecule has 1 aromatic carbocycles. The quantitative estimate of drug-likeness (QED) is 0.698. The second kappa shape index (κ2) is 8.26. The first-order valence-electron chi connectivity index (χ1n) is 8.35. The van der Waals surface area contributed by atoms with Crippen LogP contribution in [-0.2, 0) is 6.54 Å². The Bertz CT molecular complexity index is 812. The molecule has 2 aromatic rings. The van der Waals surface area contributed by atoms with Gasteiger partial charge in [-0.3, -0.25) is 19.2 Å². The molecule has 25 heavy (non-hydrogen) atoms. The van der Waals surface area contributed by atoms with Crippen molar-refractivity contribution in [1.29, 1.82) is 0 Å². The smallest absolute Gasteiger partial charge is 0.330 e. The third-order valence-electron chi connectivity index (χ3n) is 4.26. The molecule has 0 aliphatic carbocycles. The number of nitrogens with two attached hydrogens (primary N) is 1. The van der Waals surface area contributed by atoms with Gasteiger partial charge in [0, 0.05) is 37.7 Å². The molecule has 0 bridgehead atoms. The first-order chi connectivity index (χ1) is 12.1. The number of hydrogen-bond acceptors (Lipinski definition) is 6. The summed E-state index contributed by atoms with van der Waals surface area (Å²) in [5.41, 5.74) is 6.36. The van der Waals surface area contributed by atoms with Gasteiger partial charge in [-0.05, 0) is 5.56 Å². The largest absolute Gasteiger partial charge is 0.383 e. The lowest BCUT2D eigenvalue weighted by molar-refractivity contribution is 0.314. The lowest BCUT2D eigenvalue weighted by atomic mass is 10.2. The SMILES string of the molecule is Nc1c(NCCN2CCSCC2)c(=O)[nH]c(=O)n1Cc1ccccc1. The van der Waals surface area contributed by atoms with E-state index in [1.54, 1.807) is 0 Å². The predicted octanol–water partition coefficient (Wildman–Crippen LogP) is 0.628. The van der Waals surface area contributed by atoms with E-state index in [9.17, 15) is 9.59 Å². The van der Waals surface area contributed by atoms with Crippen molar-refractivity contribution >= 4 is 23.3 Å². The van der Waals surface area contributed by atoms with Crippen molar-refractivity contribution in [3.8, 4) is 0 Å². The van der Waals surface area contributed by atoms with Crippen LogP contribution < -0.4 is 22.3 Å².